The number of likely N-dealkylation sites (N-methyl/N-ethyl adjacent to an activating group) is 1. The fourth-order valence-corrected chi connectivity index (χ4v) is 4.03. The molecule has 4 nitrogen and oxygen atoms in total. The Labute approximate surface area is 166 Å². The summed E-state index contributed by atoms with van der Waals surface area (Å²) in [6.07, 6.45) is 0. The molecule has 2 aromatic carbocycles. The quantitative estimate of drug-likeness (QED) is 0.593. The van der Waals surface area contributed by atoms with Crippen LogP contribution in [0.5, 0.6) is 5.75 Å². The molecule has 0 spiro atoms. The average molecular weight is 409 g/mol. The maximum Gasteiger partial charge on any atom is 0.267 e. The van der Waals surface area contributed by atoms with Crippen LogP contribution < -0.4 is 10.1 Å². The van der Waals surface area contributed by atoms with Gasteiger partial charge >= 0.3 is 0 Å². The third-order valence-electron chi connectivity index (χ3n) is 3.73. The number of ether oxygens (including phenoxy) is 1. The summed E-state index contributed by atoms with van der Waals surface area (Å²) in [5.74, 6) is 0.333. The molecule has 0 radical (unpaired) electrons. The van der Waals surface area contributed by atoms with Gasteiger partial charge in [-0.2, -0.15) is 0 Å². The van der Waals surface area contributed by atoms with Crippen molar-refractivity contribution in [3.63, 3.8) is 0 Å². The van der Waals surface area contributed by atoms with E-state index in [1.54, 1.807) is 18.2 Å². The lowest BCUT2D eigenvalue weighted by molar-refractivity contribution is 0.103. The Hall–Kier alpha value is -1.79. The molecule has 0 aliphatic rings. The summed E-state index contributed by atoms with van der Waals surface area (Å²) in [6, 6.07) is 12.9. The molecule has 0 aliphatic heterocycles. The minimum Gasteiger partial charge on any atom is -0.491 e. The van der Waals surface area contributed by atoms with Gasteiger partial charge in [-0.3, -0.25) is 4.79 Å². The Morgan fingerprint density at radius 2 is 1.96 bits per heavy atom. The van der Waals surface area contributed by atoms with E-state index >= 15 is 0 Å². The molecule has 0 bridgehead atoms. The minimum absolute atomic E-state index is 0.256. The maximum absolute atomic E-state index is 12.6. The molecule has 1 amide bonds. The van der Waals surface area contributed by atoms with Crippen molar-refractivity contribution in [3.05, 3.63) is 57.4 Å². The lowest BCUT2D eigenvalue weighted by atomic mass is 10.2. The van der Waals surface area contributed by atoms with Gasteiger partial charge in [-0.05, 0) is 38.4 Å². The number of halogens is 2. The topological polar surface area (TPSA) is 41.6 Å². The van der Waals surface area contributed by atoms with E-state index in [1.807, 2.05) is 43.3 Å². The zero-order valence-corrected chi connectivity index (χ0v) is 16.7. The van der Waals surface area contributed by atoms with Gasteiger partial charge in [0.2, 0.25) is 0 Å². The zero-order chi connectivity index (χ0) is 18.7. The molecule has 7 heteroatoms. The van der Waals surface area contributed by atoms with E-state index in [0.717, 1.165) is 16.6 Å². The Morgan fingerprint density at radius 3 is 2.65 bits per heavy atom. The number of nitrogens with zero attached hydrogens (tertiary/aromatic N) is 1. The fourth-order valence-electron chi connectivity index (χ4n) is 2.38. The van der Waals surface area contributed by atoms with Crippen molar-refractivity contribution < 1.29 is 9.53 Å². The van der Waals surface area contributed by atoms with Gasteiger partial charge in [-0.15, -0.1) is 11.3 Å². The van der Waals surface area contributed by atoms with Crippen molar-refractivity contribution in [2.24, 2.45) is 0 Å². The number of carbonyl (C=O) groups excluding carboxylic acids is 1. The molecule has 136 valence electrons. The number of carbonyl (C=O) groups is 1. The lowest BCUT2D eigenvalue weighted by Crippen LogP contribution is -2.19. The number of thiophene rings is 1. The van der Waals surface area contributed by atoms with E-state index in [2.05, 4.69) is 5.32 Å². The molecule has 0 saturated carbocycles. The van der Waals surface area contributed by atoms with Crippen molar-refractivity contribution in [2.75, 3.05) is 32.6 Å². The summed E-state index contributed by atoms with van der Waals surface area (Å²) in [5, 5.41) is 4.64. The lowest BCUT2D eigenvalue weighted by Gasteiger charge is -2.13. The van der Waals surface area contributed by atoms with Gasteiger partial charge in [-0.1, -0.05) is 41.4 Å². The second-order valence-electron chi connectivity index (χ2n) is 5.99. The normalized spacial score (nSPS) is 11.1. The highest BCUT2D eigenvalue weighted by molar-refractivity contribution is 7.21. The fraction of sp³-hybridized carbons (Fsp3) is 0.211. The van der Waals surface area contributed by atoms with Crippen molar-refractivity contribution in [1.29, 1.82) is 0 Å². The van der Waals surface area contributed by atoms with Crippen LogP contribution in [0.15, 0.2) is 42.5 Å². The van der Waals surface area contributed by atoms with Crippen LogP contribution in [0.4, 0.5) is 5.69 Å². The standard InChI is InChI=1S/C19H18Cl2N2O2S/c1-23(2)9-10-25-15-8-7-12(11-14(15)20)22-19(24)18-17(21)13-5-3-4-6-16(13)26-18/h3-8,11H,9-10H2,1-2H3,(H,22,24). The molecule has 3 rings (SSSR count). The molecule has 0 atom stereocenters. The van der Waals surface area contributed by atoms with Gasteiger partial charge in [0.1, 0.15) is 17.2 Å². The Bertz CT molecular complexity index is 940. The van der Waals surface area contributed by atoms with E-state index < -0.39 is 0 Å². The van der Waals surface area contributed by atoms with Crippen LogP contribution in [0, 0.1) is 0 Å². The predicted molar refractivity (Wildman–Crippen MR) is 110 cm³/mol. The van der Waals surface area contributed by atoms with E-state index in [-0.39, 0.29) is 5.91 Å². The summed E-state index contributed by atoms with van der Waals surface area (Å²) in [4.78, 5) is 15.1. The van der Waals surface area contributed by atoms with Crippen LogP contribution in [0.3, 0.4) is 0 Å². The molecule has 3 aromatic rings. The molecule has 1 N–H and O–H groups in total. The highest BCUT2D eigenvalue weighted by atomic mass is 35.5. The number of amides is 1. The molecule has 0 fully saturated rings. The van der Waals surface area contributed by atoms with E-state index in [9.17, 15) is 4.79 Å². The van der Waals surface area contributed by atoms with Gasteiger partial charge in [0.25, 0.3) is 5.91 Å². The zero-order valence-electron chi connectivity index (χ0n) is 14.4. The van der Waals surface area contributed by atoms with E-state index in [0.29, 0.717) is 33.0 Å². The first-order chi connectivity index (χ1) is 12.5. The van der Waals surface area contributed by atoms with E-state index in [4.69, 9.17) is 27.9 Å². The first-order valence-corrected chi connectivity index (χ1v) is 9.58. The minimum atomic E-state index is -0.256. The number of hydrogen-bond donors (Lipinski definition) is 1. The van der Waals surface area contributed by atoms with Crippen molar-refractivity contribution in [1.82, 2.24) is 4.90 Å². The monoisotopic (exact) mass is 408 g/mol. The number of nitrogens with one attached hydrogen (secondary N) is 1. The molecule has 0 saturated heterocycles. The summed E-state index contributed by atoms with van der Waals surface area (Å²) >= 11 is 14.0. The maximum atomic E-state index is 12.6. The second-order valence-corrected chi connectivity index (χ2v) is 7.83. The largest absolute Gasteiger partial charge is 0.491 e. The summed E-state index contributed by atoms with van der Waals surface area (Å²) in [6.45, 7) is 1.33. The van der Waals surface area contributed by atoms with Crippen molar-refractivity contribution in [2.45, 2.75) is 0 Å². The molecule has 1 heterocycles. The molecular formula is C19H18Cl2N2O2S. The summed E-state index contributed by atoms with van der Waals surface area (Å²) in [5.41, 5.74) is 0.591. The first kappa shape index (κ1) is 19.0. The number of fused-ring (bicyclic) bond motifs is 1. The molecule has 0 unspecified atom stereocenters. The number of benzene rings is 2. The first-order valence-electron chi connectivity index (χ1n) is 8.01. The van der Waals surface area contributed by atoms with Crippen LogP contribution in [-0.4, -0.2) is 38.1 Å². The van der Waals surface area contributed by atoms with Crippen LogP contribution in [0.25, 0.3) is 10.1 Å². The molecule has 0 aliphatic carbocycles. The Kier molecular flexibility index (Phi) is 6.04. The van der Waals surface area contributed by atoms with E-state index in [1.165, 1.54) is 11.3 Å². The van der Waals surface area contributed by atoms with Crippen molar-refractivity contribution >= 4 is 56.2 Å². The van der Waals surface area contributed by atoms with Crippen LogP contribution >= 0.6 is 34.5 Å². The second kappa shape index (κ2) is 8.27. The predicted octanol–water partition coefficient (Wildman–Crippen LogP) is 5.40. The number of rotatable bonds is 6. The third kappa shape index (κ3) is 4.30. The smallest absolute Gasteiger partial charge is 0.267 e. The highest BCUT2D eigenvalue weighted by Gasteiger charge is 2.17. The van der Waals surface area contributed by atoms with Gasteiger partial charge < -0.3 is 15.0 Å². The van der Waals surface area contributed by atoms with Crippen LogP contribution in [0.1, 0.15) is 9.67 Å². The van der Waals surface area contributed by atoms with Gasteiger partial charge in [-0.25, -0.2) is 0 Å². The average Bonchev–Trinajstić information content (AvgIpc) is 2.94. The summed E-state index contributed by atoms with van der Waals surface area (Å²) < 4.78 is 6.62. The van der Waals surface area contributed by atoms with Gasteiger partial charge in [0.05, 0.1) is 10.0 Å². The summed E-state index contributed by atoms with van der Waals surface area (Å²) in [7, 11) is 3.95. The Morgan fingerprint density at radius 1 is 1.19 bits per heavy atom. The van der Waals surface area contributed by atoms with Crippen LogP contribution in [0.2, 0.25) is 10.0 Å². The molecule has 26 heavy (non-hydrogen) atoms. The molecule has 1 aromatic heterocycles. The Balaban J connectivity index is 1.72. The van der Waals surface area contributed by atoms with Crippen LogP contribution in [-0.2, 0) is 0 Å². The SMILES string of the molecule is CN(C)CCOc1ccc(NC(=O)c2sc3ccccc3c2Cl)cc1Cl. The van der Waals surface area contributed by atoms with Gasteiger partial charge in [0, 0.05) is 22.3 Å². The van der Waals surface area contributed by atoms with Gasteiger partial charge in [0.15, 0.2) is 0 Å². The number of hydrogen-bond acceptors (Lipinski definition) is 4. The van der Waals surface area contributed by atoms with Crippen molar-refractivity contribution in [3.8, 4) is 5.75 Å². The highest BCUT2D eigenvalue weighted by Crippen LogP contribution is 2.36. The molecular weight excluding hydrogens is 391 g/mol. The third-order valence-corrected chi connectivity index (χ3v) is 5.70. The number of anilines is 1.